The summed E-state index contributed by atoms with van der Waals surface area (Å²) >= 11 is 0. The molecule has 1 aliphatic rings. The molecule has 1 amide bonds. The molecule has 0 unspecified atom stereocenters. The van der Waals surface area contributed by atoms with E-state index in [1.54, 1.807) is 30.4 Å². The first kappa shape index (κ1) is 14.6. The van der Waals surface area contributed by atoms with Crippen LogP contribution in [0, 0.1) is 12.8 Å². The van der Waals surface area contributed by atoms with Gasteiger partial charge in [-0.2, -0.15) is 0 Å². The van der Waals surface area contributed by atoms with Gasteiger partial charge >= 0.3 is 0 Å². The third kappa shape index (κ3) is 3.11. The second kappa shape index (κ2) is 6.18. The van der Waals surface area contributed by atoms with E-state index < -0.39 is 6.10 Å². The highest BCUT2D eigenvalue weighted by Gasteiger charge is 2.34. The fourth-order valence-corrected chi connectivity index (χ4v) is 2.63. The van der Waals surface area contributed by atoms with Crippen molar-refractivity contribution in [3.8, 4) is 0 Å². The van der Waals surface area contributed by atoms with Crippen LogP contribution in [0.3, 0.4) is 0 Å². The quantitative estimate of drug-likeness (QED) is 0.831. The first-order valence-corrected chi connectivity index (χ1v) is 7.12. The van der Waals surface area contributed by atoms with Crippen molar-refractivity contribution in [2.45, 2.75) is 25.9 Å². The van der Waals surface area contributed by atoms with Crippen LogP contribution in [-0.2, 0) is 17.6 Å². The molecule has 0 spiro atoms. The van der Waals surface area contributed by atoms with Crippen LogP contribution in [0.4, 0.5) is 0 Å². The van der Waals surface area contributed by atoms with E-state index >= 15 is 0 Å². The van der Waals surface area contributed by atoms with Crippen LogP contribution >= 0.6 is 0 Å². The van der Waals surface area contributed by atoms with Gasteiger partial charge in [0.05, 0.1) is 18.2 Å². The molecule has 0 saturated carbocycles. The lowest BCUT2D eigenvalue weighted by atomic mass is 10.0. The number of amides is 1. The summed E-state index contributed by atoms with van der Waals surface area (Å²) in [7, 11) is 0. The fraction of sp³-hybridized carbons (Fsp3) is 0.500. The Labute approximate surface area is 127 Å². The average Bonchev–Trinajstić information content (AvgIpc) is 3.07. The van der Waals surface area contributed by atoms with Gasteiger partial charge in [0.2, 0.25) is 5.91 Å². The third-order valence-corrected chi connectivity index (χ3v) is 3.91. The molecule has 3 rings (SSSR count). The van der Waals surface area contributed by atoms with E-state index in [2.05, 4.69) is 24.9 Å². The van der Waals surface area contributed by atoms with E-state index in [-0.39, 0.29) is 18.2 Å². The van der Waals surface area contributed by atoms with Crippen molar-refractivity contribution < 1.29 is 14.5 Å². The SMILES string of the molecule is Cc1nonc1CC(=O)N1C[C@@H](Cc2cnccn2)[C@H](O)C1. The number of aryl methyl sites for hydroxylation is 1. The maximum Gasteiger partial charge on any atom is 0.228 e. The molecular formula is C14H17N5O3. The van der Waals surface area contributed by atoms with Crippen molar-refractivity contribution in [1.82, 2.24) is 25.2 Å². The Morgan fingerprint density at radius 2 is 2.27 bits per heavy atom. The summed E-state index contributed by atoms with van der Waals surface area (Å²) in [5, 5.41) is 17.5. The number of aliphatic hydroxyl groups excluding tert-OH is 1. The molecule has 1 N–H and O–H groups in total. The molecule has 2 aromatic rings. The minimum Gasteiger partial charge on any atom is -0.391 e. The number of likely N-dealkylation sites (tertiary alicyclic amines) is 1. The largest absolute Gasteiger partial charge is 0.391 e. The molecule has 1 saturated heterocycles. The predicted octanol–water partition coefficient (Wildman–Crippen LogP) is -0.227. The summed E-state index contributed by atoms with van der Waals surface area (Å²) in [6.07, 6.45) is 5.10. The van der Waals surface area contributed by atoms with Crippen LogP contribution in [0.5, 0.6) is 0 Å². The molecule has 2 aromatic heterocycles. The molecule has 0 aliphatic carbocycles. The molecule has 0 aromatic carbocycles. The van der Waals surface area contributed by atoms with Crippen molar-refractivity contribution in [2.75, 3.05) is 13.1 Å². The Bertz CT molecular complexity index is 645. The van der Waals surface area contributed by atoms with E-state index in [1.807, 2.05) is 0 Å². The molecule has 1 aliphatic heterocycles. The number of aromatic nitrogens is 4. The first-order chi connectivity index (χ1) is 10.6. The van der Waals surface area contributed by atoms with Gasteiger partial charge in [-0.1, -0.05) is 10.3 Å². The zero-order valence-corrected chi connectivity index (χ0v) is 12.2. The molecular weight excluding hydrogens is 286 g/mol. The lowest BCUT2D eigenvalue weighted by Crippen LogP contribution is -2.31. The van der Waals surface area contributed by atoms with Gasteiger partial charge in [0.25, 0.3) is 0 Å². The summed E-state index contributed by atoms with van der Waals surface area (Å²) in [4.78, 5) is 22.2. The maximum absolute atomic E-state index is 12.3. The lowest BCUT2D eigenvalue weighted by molar-refractivity contribution is -0.129. The predicted molar refractivity (Wildman–Crippen MR) is 74.6 cm³/mol. The van der Waals surface area contributed by atoms with Crippen molar-refractivity contribution in [3.05, 3.63) is 35.7 Å². The van der Waals surface area contributed by atoms with E-state index in [0.29, 0.717) is 30.9 Å². The van der Waals surface area contributed by atoms with Gasteiger partial charge in [-0.15, -0.1) is 0 Å². The minimum atomic E-state index is -0.553. The Morgan fingerprint density at radius 1 is 1.41 bits per heavy atom. The normalized spacial score (nSPS) is 21.3. The van der Waals surface area contributed by atoms with E-state index in [4.69, 9.17) is 0 Å². The molecule has 3 heterocycles. The van der Waals surface area contributed by atoms with Crippen LogP contribution in [0.2, 0.25) is 0 Å². The van der Waals surface area contributed by atoms with Crippen molar-refractivity contribution in [1.29, 1.82) is 0 Å². The van der Waals surface area contributed by atoms with Crippen LogP contribution < -0.4 is 0 Å². The summed E-state index contributed by atoms with van der Waals surface area (Å²) in [6, 6.07) is 0. The number of hydrogen-bond donors (Lipinski definition) is 1. The Balaban J connectivity index is 1.60. The van der Waals surface area contributed by atoms with Crippen LogP contribution in [0.1, 0.15) is 17.1 Å². The molecule has 8 heteroatoms. The van der Waals surface area contributed by atoms with Crippen LogP contribution in [0.25, 0.3) is 0 Å². The molecule has 2 atom stereocenters. The molecule has 22 heavy (non-hydrogen) atoms. The second-order valence-corrected chi connectivity index (χ2v) is 5.50. The van der Waals surface area contributed by atoms with Crippen LogP contribution in [-0.4, -0.2) is 55.4 Å². The molecule has 8 nitrogen and oxygen atoms in total. The highest BCUT2D eigenvalue weighted by molar-refractivity contribution is 5.78. The van der Waals surface area contributed by atoms with Gasteiger partial charge in [0.15, 0.2) is 0 Å². The molecule has 116 valence electrons. The third-order valence-electron chi connectivity index (χ3n) is 3.91. The van der Waals surface area contributed by atoms with Gasteiger partial charge in [-0.05, 0) is 13.3 Å². The van der Waals surface area contributed by atoms with Gasteiger partial charge in [-0.25, -0.2) is 4.63 Å². The highest BCUT2D eigenvalue weighted by atomic mass is 16.6. The number of nitrogens with zero attached hydrogens (tertiary/aromatic N) is 5. The summed E-state index contributed by atoms with van der Waals surface area (Å²) in [5.74, 6) is -0.114. The molecule has 0 bridgehead atoms. The number of rotatable bonds is 4. The van der Waals surface area contributed by atoms with Gasteiger partial charge < -0.3 is 10.0 Å². The number of β-amino-alcohol motifs (C(OH)–C–C–N with tert-alkyl or cyclic N) is 1. The van der Waals surface area contributed by atoms with Gasteiger partial charge in [-0.3, -0.25) is 14.8 Å². The fourth-order valence-electron chi connectivity index (χ4n) is 2.63. The monoisotopic (exact) mass is 303 g/mol. The van der Waals surface area contributed by atoms with Crippen molar-refractivity contribution >= 4 is 5.91 Å². The highest BCUT2D eigenvalue weighted by Crippen LogP contribution is 2.21. The van der Waals surface area contributed by atoms with Crippen molar-refractivity contribution in [3.63, 3.8) is 0 Å². The minimum absolute atomic E-state index is 0.0304. The summed E-state index contributed by atoms with van der Waals surface area (Å²) < 4.78 is 4.59. The van der Waals surface area contributed by atoms with Crippen molar-refractivity contribution in [2.24, 2.45) is 5.92 Å². The van der Waals surface area contributed by atoms with Gasteiger partial charge in [0.1, 0.15) is 11.4 Å². The molecule has 0 radical (unpaired) electrons. The topological polar surface area (TPSA) is 105 Å². The average molecular weight is 303 g/mol. The Morgan fingerprint density at radius 3 is 2.95 bits per heavy atom. The maximum atomic E-state index is 12.3. The summed E-state index contributed by atoms with van der Waals surface area (Å²) in [6.45, 7) is 2.57. The molecule has 1 fully saturated rings. The van der Waals surface area contributed by atoms with Crippen LogP contribution in [0.15, 0.2) is 23.2 Å². The first-order valence-electron chi connectivity index (χ1n) is 7.12. The zero-order valence-electron chi connectivity index (χ0n) is 12.2. The number of aliphatic hydroxyl groups is 1. The number of carbonyl (C=O) groups excluding carboxylic acids is 1. The number of carbonyl (C=O) groups is 1. The Kier molecular flexibility index (Phi) is 4.10. The van der Waals surface area contributed by atoms with E-state index in [0.717, 1.165) is 5.69 Å². The lowest BCUT2D eigenvalue weighted by Gasteiger charge is -2.15. The number of hydrogen-bond acceptors (Lipinski definition) is 7. The smallest absolute Gasteiger partial charge is 0.228 e. The second-order valence-electron chi connectivity index (χ2n) is 5.50. The Hall–Kier alpha value is -2.35. The van der Waals surface area contributed by atoms with E-state index in [9.17, 15) is 9.90 Å². The standard InChI is InChI=1S/C14H17N5O3/c1-9-12(18-22-17-9)5-14(21)19-7-10(13(20)8-19)4-11-6-15-2-3-16-11/h2-3,6,10,13,20H,4-5,7-8H2,1H3/t10-,13-/m1/s1. The van der Waals surface area contributed by atoms with Gasteiger partial charge in [0, 0.05) is 37.6 Å². The summed E-state index contributed by atoms with van der Waals surface area (Å²) in [5.41, 5.74) is 1.97. The zero-order chi connectivity index (χ0) is 15.5. The van der Waals surface area contributed by atoms with E-state index in [1.165, 1.54) is 0 Å².